The van der Waals surface area contributed by atoms with Crippen LogP contribution in [0.3, 0.4) is 0 Å². The minimum absolute atomic E-state index is 0.0697. The third kappa shape index (κ3) is 4.61. The molecule has 8 nitrogen and oxygen atoms in total. The molecule has 0 radical (unpaired) electrons. The van der Waals surface area contributed by atoms with Crippen molar-refractivity contribution in [1.82, 2.24) is 20.6 Å². The summed E-state index contributed by atoms with van der Waals surface area (Å²) >= 11 is 0. The highest BCUT2D eigenvalue weighted by Crippen LogP contribution is 2.41. The zero-order valence-electron chi connectivity index (χ0n) is 23.4. The van der Waals surface area contributed by atoms with Crippen molar-refractivity contribution >= 4 is 22.8 Å². The predicted molar refractivity (Wildman–Crippen MR) is 156 cm³/mol. The number of hydrogen-bond acceptors (Lipinski definition) is 6. The van der Waals surface area contributed by atoms with E-state index in [0.717, 1.165) is 11.1 Å². The minimum atomic E-state index is -0.890. The normalized spacial score (nSPS) is 18.0. The summed E-state index contributed by atoms with van der Waals surface area (Å²) in [6.45, 7) is 3.78. The average Bonchev–Trinajstić information content (AvgIpc) is 3.38. The molecule has 0 spiro atoms. The van der Waals surface area contributed by atoms with Gasteiger partial charge in [0.05, 0.1) is 17.1 Å². The van der Waals surface area contributed by atoms with E-state index in [0.29, 0.717) is 35.4 Å². The molecule has 3 N–H and O–H groups in total. The molecule has 1 aliphatic carbocycles. The number of hydrogen-bond donors (Lipinski definition) is 3. The molecule has 2 amide bonds. The Balaban J connectivity index is 1.42. The number of fused-ring (bicyclic) bond motifs is 1. The van der Waals surface area contributed by atoms with Crippen molar-refractivity contribution < 1.29 is 23.5 Å². The Kier molecular flexibility index (Phi) is 6.82. The van der Waals surface area contributed by atoms with Crippen LogP contribution >= 0.6 is 0 Å². The number of benzene rings is 3. The van der Waals surface area contributed by atoms with Crippen molar-refractivity contribution in [3.05, 3.63) is 107 Å². The Bertz CT molecular complexity index is 1830. The van der Waals surface area contributed by atoms with E-state index in [1.807, 2.05) is 38.1 Å². The number of carbonyl (C=O) groups is 2. The molecular formula is C33H29FN4O4. The lowest BCUT2D eigenvalue weighted by Crippen LogP contribution is -2.57. The van der Waals surface area contributed by atoms with Gasteiger partial charge in [-0.1, -0.05) is 35.9 Å². The van der Waals surface area contributed by atoms with Crippen LogP contribution in [-0.4, -0.2) is 40.0 Å². The molecule has 212 valence electrons. The minimum Gasteiger partial charge on any atom is -0.455 e. The van der Waals surface area contributed by atoms with E-state index in [4.69, 9.17) is 4.42 Å². The zero-order chi connectivity index (χ0) is 29.6. The Hall–Kier alpha value is -4.89. The second-order valence-electron chi connectivity index (χ2n) is 10.8. The first-order chi connectivity index (χ1) is 20.2. The molecular weight excluding hydrogens is 535 g/mol. The monoisotopic (exact) mass is 564 g/mol. The van der Waals surface area contributed by atoms with Gasteiger partial charge in [-0.05, 0) is 55.3 Å². The first-order valence-corrected chi connectivity index (χ1v) is 13.6. The maximum Gasteiger partial charge on any atom is 0.255 e. The van der Waals surface area contributed by atoms with Gasteiger partial charge in [-0.25, -0.2) is 14.4 Å². The van der Waals surface area contributed by atoms with E-state index in [-0.39, 0.29) is 27.9 Å². The van der Waals surface area contributed by atoms with Crippen LogP contribution in [0.25, 0.3) is 33.4 Å². The Morgan fingerprint density at radius 3 is 2.36 bits per heavy atom. The van der Waals surface area contributed by atoms with Crippen LogP contribution in [-0.2, 0) is 5.54 Å². The summed E-state index contributed by atoms with van der Waals surface area (Å²) in [5.41, 5.74) is 2.94. The van der Waals surface area contributed by atoms with Gasteiger partial charge in [-0.3, -0.25) is 9.59 Å². The molecule has 0 saturated heterocycles. The number of aliphatic hydroxyl groups is 1. The lowest BCUT2D eigenvalue weighted by molar-refractivity contribution is -0.00344. The highest BCUT2D eigenvalue weighted by atomic mass is 19.1. The molecule has 1 fully saturated rings. The van der Waals surface area contributed by atoms with Gasteiger partial charge in [0.15, 0.2) is 5.82 Å². The standard InChI is InChI=1S/C33H29FN4O4/c1-18-5-8-20(9-6-18)29-27(31(41)35-3)26-25(42-29)12-11-23(28(26)34)24-15-21(10-7-19(24)2)30(40)38-33(16-22(39)17-33)32-36-13-4-14-37-32/h4-15,22,39H,16-17H2,1-3H3,(H,35,41)(H,38,40). The summed E-state index contributed by atoms with van der Waals surface area (Å²) < 4.78 is 22.5. The number of halogens is 1. The van der Waals surface area contributed by atoms with Gasteiger partial charge in [0, 0.05) is 49.0 Å². The van der Waals surface area contributed by atoms with Crippen LogP contribution in [0.2, 0.25) is 0 Å². The number of nitrogens with zero attached hydrogens (tertiary/aromatic N) is 2. The molecule has 0 aliphatic heterocycles. The Labute approximate surface area is 241 Å². The lowest BCUT2D eigenvalue weighted by Gasteiger charge is -2.44. The second kappa shape index (κ2) is 10.5. The number of aliphatic hydroxyl groups excluding tert-OH is 1. The summed E-state index contributed by atoms with van der Waals surface area (Å²) in [4.78, 5) is 35.1. The number of aryl methyl sites for hydroxylation is 2. The SMILES string of the molecule is CNC(=O)c1c(-c2ccc(C)cc2)oc2ccc(-c3cc(C(=O)NC4(c5ncccn5)CC(O)C4)ccc3C)c(F)c12. The van der Waals surface area contributed by atoms with Crippen molar-refractivity contribution in [1.29, 1.82) is 0 Å². The van der Waals surface area contributed by atoms with E-state index in [2.05, 4.69) is 20.6 Å². The maximum absolute atomic E-state index is 16.4. The third-order valence-corrected chi connectivity index (χ3v) is 7.87. The molecule has 2 aromatic heterocycles. The van der Waals surface area contributed by atoms with Crippen LogP contribution < -0.4 is 10.6 Å². The predicted octanol–water partition coefficient (Wildman–Crippen LogP) is 5.45. The number of rotatable bonds is 6. The number of aromatic nitrogens is 2. The summed E-state index contributed by atoms with van der Waals surface area (Å²) in [6, 6.07) is 17.4. The Morgan fingerprint density at radius 1 is 0.976 bits per heavy atom. The molecule has 1 aliphatic rings. The van der Waals surface area contributed by atoms with Crippen molar-refractivity contribution in [2.75, 3.05) is 7.05 Å². The molecule has 9 heteroatoms. The van der Waals surface area contributed by atoms with Crippen LogP contribution in [0.1, 0.15) is 50.5 Å². The van der Waals surface area contributed by atoms with Crippen molar-refractivity contribution in [3.8, 4) is 22.5 Å². The van der Waals surface area contributed by atoms with Crippen LogP contribution in [0.4, 0.5) is 4.39 Å². The van der Waals surface area contributed by atoms with Crippen molar-refractivity contribution in [2.45, 2.75) is 38.3 Å². The fourth-order valence-electron chi connectivity index (χ4n) is 5.58. The van der Waals surface area contributed by atoms with Crippen molar-refractivity contribution in [3.63, 3.8) is 0 Å². The summed E-state index contributed by atoms with van der Waals surface area (Å²) in [6.07, 6.45) is 3.20. The van der Waals surface area contributed by atoms with Crippen LogP contribution in [0.5, 0.6) is 0 Å². The Morgan fingerprint density at radius 2 is 1.69 bits per heavy atom. The van der Waals surface area contributed by atoms with E-state index >= 15 is 4.39 Å². The quantitative estimate of drug-likeness (QED) is 0.252. The van der Waals surface area contributed by atoms with Gasteiger partial charge in [-0.2, -0.15) is 0 Å². The first-order valence-electron chi connectivity index (χ1n) is 13.6. The van der Waals surface area contributed by atoms with Gasteiger partial charge >= 0.3 is 0 Å². The van der Waals surface area contributed by atoms with E-state index in [1.165, 1.54) is 7.05 Å². The summed E-state index contributed by atoms with van der Waals surface area (Å²) in [7, 11) is 1.49. The van der Waals surface area contributed by atoms with Gasteiger partial charge in [0.2, 0.25) is 0 Å². The highest BCUT2D eigenvalue weighted by molar-refractivity contribution is 6.12. The number of carbonyl (C=O) groups excluding carboxylic acids is 2. The molecule has 5 aromatic rings. The third-order valence-electron chi connectivity index (χ3n) is 7.87. The lowest BCUT2D eigenvalue weighted by atomic mass is 9.73. The van der Waals surface area contributed by atoms with Gasteiger partial charge < -0.3 is 20.2 Å². The molecule has 0 bridgehead atoms. The average molecular weight is 565 g/mol. The first kappa shape index (κ1) is 27.3. The molecule has 2 heterocycles. The molecule has 0 unspecified atom stereocenters. The smallest absolute Gasteiger partial charge is 0.255 e. The van der Waals surface area contributed by atoms with E-state index in [9.17, 15) is 14.7 Å². The summed E-state index contributed by atoms with van der Waals surface area (Å²) in [5, 5.41) is 15.7. The van der Waals surface area contributed by atoms with Crippen LogP contribution in [0, 0.1) is 19.7 Å². The molecule has 1 saturated carbocycles. The highest BCUT2D eigenvalue weighted by Gasteiger charge is 2.48. The molecule has 3 aromatic carbocycles. The zero-order valence-corrected chi connectivity index (χ0v) is 23.4. The van der Waals surface area contributed by atoms with Gasteiger partial charge in [-0.15, -0.1) is 0 Å². The van der Waals surface area contributed by atoms with Gasteiger partial charge in [0.25, 0.3) is 11.8 Å². The molecule has 6 rings (SSSR count). The summed E-state index contributed by atoms with van der Waals surface area (Å²) in [5.74, 6) is -0.778. The largest absolute Gasteiger partial charge is 0.455 e. The number of nitrogens with one attached hydrogen (secondary N) is 2. The van der Waals surface area contributed by atoms with Crippen molar-refractivity contribution in [2.24, 2.45) is 0 Å². The number of amides is 2. The topological polar surface area (TPSA) is 117 Å². The van der Waals surface area contributed by atoms with E-state index in [1.54, 1.807) is 48.8 Å². The van der Waals surface area contributed by atoms with Gasteiger partial charge in [0.1, 0.15) is 22.7 Å². The fourth-order valence-corrected chi connectivity index (χ4v) is 5.58. The molecule has 42 heavy (non-hydrogen) atoms. The number of furan rings is 1. The van der Waals surface area contributed by atoms with E-state index < -0.39 is 29.3 Å². The fraction of sp³-hybridized carbons (Fsp3) is 0.212. The molecule has 0 atom stereocenters. The van der Waals surface area contributed by atoms with Crippen LogP contribution in [0.15, 0.2) is 77.5 Å². The maximum atomic E-state index is 16.4. The second-order valence-corrected chi connectivity index (χ2v) is 10.8.